The van der Waals surface area contributed by atoms with E-state index in [1.54, 1.807) is 0 Å². The van der Waals surface area contributed by atoms with Gasteiger partial charge in [0, 0.05) is 17.8 Å². The van der Waals surface area contributed by atoms with E-state index in [2.05, 4.69) is 15.5 Å². The number of hydrogen-bond acceptors (Lipinski definition) is 5. The third kappa shape index (κ3) is 2.18. The zero-order chi connectivity index (χ0) is 14.2. The number of benzene rings is 1. The maximum Gasteiger partial charge on any atom is 0.247 e. The van der Waals surface area contributed by atoms with Gasteiger partial charge in [0.25, 0.3) is 0 Å². The Morgan fingerprint density at radius 3 is 2.90 bits per heavy atom. The van der Waals surface area contributed by atoms with Crippen LogP contribution in [0.25, 0.3) is 11.5 Å². The Bertz CT molecular complexity index is 633. The fourth-order valence-corrected chi connectivity index (χ4v) is 2.12. The molecule has 1 amide bonds. The number of hydrogen-bond donors (Lipinski definition) is 2. The van der Waals surface area contributed by atoms with Crippen molar-refractivity contribution in [1.29, 1.82) is 0 Å². The summed E-state index contributed by atoms with van der Waals surface area (Å²) in [6.07, 6.45) is 3.00. The monoisotopic (exact) mass is 272 g/mol. The van der Waals surface area contributed by atoms with E-state index in [0.29, 0.717) is 12.4 Å². The lowest BCUT2D eigenvalue weighted by Gasteiger charge is -2.14. The Labute approximate surface area is 116 Å². The molecule has 0 saturated heterocycles. The molecule has 20 heavy (non-hydrogen) atoms. The normalized spacial score (nSPS) is 15.9. The van der Waals surface area contributed by atoms with Crippen molar-refractivity contribution in [2.24, 2.45) is 11.1 Å². The SMILES string of the molecule is Cc1ccc(-c2nnco2)cc1NC(=O)C1(CN)CC1. The summed E-state index contributed by atoms with van der Waals surface area (Å²) in [5, 5.41) is 10.5. The number of nitrogens with zero attached hydrogens (tertiary/aromatic N) is 2. The van der Waals surface area contributed by atoms with Gasteiger partial charge in [0.05, 0.1) is 5.41 Å². The van der Waals surface area contributed by atoms with Crippen molar-refractivity contribution < 1.29 is 9.21 Å². The second kappa shape index (κ2) is 4.72. The molecule has 0 spiro atoms. The summed E-state index contributed by atoms with van der Waals surface area (Å²) in [5.74, 6) is 0.422. The van der Waals surface area contributed by atoms with Gasteiger partial charge in [-0.25, -0.2) is 0 Å². The molecule has 1 aromatic heterocycles. The Kier molecular flexibility index (Phi) is 3.02. The maximum absolute atomic E-state index is 12.2. The summed E-state index contributed by atoms with van der Waals surface area (Å²) in [6.45, 7) is 2.33. The van der Waals surface area contributed by atoms with Gasteiger partial charge in [0.15, 0.2) is 0 Å². The minimum Gasteiger partial charge on any atom is -0.423 e. The highest BCUT2D eigenvalue weighted by Crippen LogP contribution is 2.45. The van der Waals surface area contributed by atoms with Gasteiger partial charge in [0.1, 0.15) is 0 Å². The molecule has 0 atom stereocenters. The van der Waals surface area contributed by atoms with Crippen LogP contribution in [0.3, 0.4) is 0 Å². The molecule has 1 aliphatic carbocycles. The fraction of sp³-hybridized carbons (Fsp3) is 0.357. The van der Waals surface area contributed by atoms with E-state index >= 15 is 0 Å². The van der Waals surface area contributed by atoms with Gasteiger partial charge in [-0.05, 0) is 37.5 Å². The lowest BCUT2D eigenvalue weighted by atomic mass is 10.1. The summed E-state index contributed by atoms with van der Waals surface area (Å²) >= 11 is 0. The predicted octanol–water partition coefficient (Wildman–Crippen LogP) is 1.72. The first-order chi connectivity index (χ1) is 9.64. The highest BCUT2D eigenvalue weighted by molar-refractivity contribution is 5.98. The highest BCUT2D eigenvalue weighted by Gasteiger charge is 2.48. The summed E-state index contributed by atoms with van der Waals surface area (Å²) in [6, 6.07) is 5.64. The van der Waals surface area contributed by atoms with E-state index in [-0.39, 0.29) is 11.3 Å². The summed E-state index contributed by atoms with van der Waals surface area (Å²) < 4.78 is 5.17. The average molecular weight is 272 g/mol. The van der Waals surface area contributed by atoms with Crippen LogP contribution in [0.2, 0.25) is 0 Å². The fourth-order valence-electron chi connectivity index (χ4n) is 2.12. The first-order valence-electron chi connectivity index (χ1n) is 6.53. The third-order valence-electron chi connectivity index (χ3n) is 3.82. The van der Waals surface area contributed by atoms with Crippen LogP contribution in [-0.4, -0.2) is 22.6 Å². The third-order valence-corrected chi connectivity index (χ3v) is 3.82. The Morgan fingerprint density at radius 2 is 2.30 bits per heavy atom. The standard InChI is InChI=1S/C14H16N4O2/c1-9-2-3-10(12-18-16-8-20-12)6-11(9)17-13(19)14(7-15)4-5-14/h2-3,6,8H,4-5,7,15H2,1H3,(H,17,19). The second-order valence-electron chi connectivity index (χ2n) is 5.21. The van der Waals surface area contributed by atoms with Gasteiger partial charge < -0.3 is 15.5 Å². The number of rotatable bonds is 4. The van der Waals surface area contributed by atoms with Crippen molar-refractivity contribution in [3.8, 4) is 11.5 Å². The summed E-state index contributed by atoms with van der Waals surface area (Å²) in [7, 11) is 0. The Balaban J connectivity index is 1.86. The molecule has 1 aromatic carbocycles. The van der Waals surface area contributed by atoms with Crippen LogP contribution in [0.15, 0.2) is 29.0 Å². The predicted molar refractivity (Wildman–Crippen MR) is 73.8 cm³/mol. The molecular formula is C14H16N4O2. The van der Waals surface area contributed by atoms with Crippen molar-refractivity contribution in [1.82, 2.24) is 10.2 Å². The summed E-state index contributed by atoms with van der Waals surface area (Å²) in [4.78, 5) is 12.2. The molecule has 1 heterocycles. The number of nitrogens with two attached hydrogens (primary N) is 1. The Morgan fingerprint density at radius 1 is 1.50 bits per heavy atom. The summed E-state index contributed by atoms with van der Waals surface area (Å²) in [5.41, 5.74) is 7.82. The molecule has 3 N–H and O–H groups in total. The van der Waals surface area contributed by atoms with Gasteiger partial charge in [0.2, 0.25) is 18.2 Å². The van der Waals surface area contributed by atoms with Crippen LogP contribution in [0.1, 0.15) is 18.4 Å². The van der Waals surface area contributed by atoms with Crippen LogP contribution < -0.4 is 11.1 Å². The molecule has 6 nitrogen and oxygen atoms in total. The molecular weight excluding hydrogens is 256 g/mol. The van der Waals surface area contributed by atoms with Crippen molar-refractivity contribution in [3.63, 3.8) is 0 Å². The van der Waals surface area contributed by atoms with Crippen molar-refractivity contribution in [2.75, 3.05) is 11.9 Å². The smallest absolute Gasteiger partial charge is 0.247 e. The highest BCUT2D eigenvalue weighted by atomic mass is 16.4. The quantitative estimate of drug-likeness (QED) is 0.883. The van der Waals surface area contributed by atoms with E-state index in [0.717, 1.165) is 29.7 Å². The lowest BCUT2D eigenvalue weighted by molar-refractivity contribution is -0.120. The van der Waals surface area contributed by atoms with Gasteiger partial charge in [-0.3, -0.25) is 4.79 Å². The largest absolute Gasteiger partial charge is 0.423 e. The number of amides is 1. The lowest BCUT2D eigenvalue weighted by Crippen LogP contribution is -2.31. The first-order valence-corrected chi connectivity index (χ1v) is 6.53. The number of aromatic nitrogens is 2. The minimum atomic E-state index is -0.368. The molecule has 0 unspecified atom stereocenters. The van der Waals surface area contributed by atoms with Crippen LogP contribution in [0.5, 0.6) is 0 Å². The number of anilines is 1. The van der Waals surface area contributed by atoms with Gasteiger partial charge in [-0.1, -0.05) is 6.07 Å². The number of aryl methyl sites for hydroxylation is 1. The molecule has 1 fully saturated rings. The Hall–Kier alpha value is -2.21. The topological polar surface area (TPSA) is 94.0 Å². The van der Waals surface area contributed by atoms with Crippen LogP contribution in [0.4, 0.5) is 5.69 Å². The zero-order valence-corrected chi connectivity index (χ0v) is 11.2. The van der Waals surface area contributed by atoms with Crippen LogP contribution in [-0.2, 0) is 4.79 Å². The van der Waals surface area contributed by atoms with Crippen LogP contribution in [0, 0.1) is 12.3 Å². The van der Waals surface area contributed by atoms with Gasteiger partial charge >= 0.3 is 0 Å². The zero-order valence-electron chi connectivity index (χ0n) is 11.2. The van der Waals surface area contributed by atoms with Crippen LogP contribution >= 0.6 is 0 Å². The molecule has 2 aromatic rings. The number of nitrogens with one attached hydrogen (secondary N) is 1. The van der Waals surface area contributed by atoms with E-state index < -0.39 is 0 Å². The van der Waals surface area contributed by atoms with E-state index in [1.807, 2.05) is 25.1 Å². The van der Waals surface area contributed by atoms with Crippen molar-refractivity contribution in [2.45, 2.75) is 19.8 Å². The maximum atomic E-state index is 12.2. The van der Waals surface area contributed by atoms with E-state index in [4.69, 9.17) is 10.2 Å². The van der Waals surface area contributed by atoms with E-state index in [1.165, 1.54) is 6.39 Å². The van der Waals surface area contributed by atoms with Gasteiger partial charge in [-0.15, -0.1) is 10.2 Å². The minimum absolute atomic E-state index is 0.00854. The van der Waals surface area contributed by atoms with Crippen molar-refractivity contribution >= 4 is 11.6 Å². The molecule has 0 aliphatic heterocycles. The van der Waals surface area contributed by atoms with E-state index in [9.17, 15) is 4.79 Å². The molecule has 0 radical (unpaired) electrons. The number of carbonyl (C=O) groups excluding carboxylic acids is 1. The molecule has 1 aliphatic rings. The average Bonchev–Trinajstić information content (AvgIpc) is 3.08. The molecule has 104 valence electrons. The molecule has 6 heteroatoms. The first kappa shape index (κ1) is 12.8. The van der Waals surface area contributed by atoms with Gasteiger partial charge in [-0.2, -0.15) is 0 Å². The molecule has 0 bridgehead atoms. The second-order valence-corrected chi connectivity index (χ2v) is 5.21. The van der Waals surface area contributed by atoms with Crippen molar-refractivity contribution in [3.05, 3.63) is 30.2 Å². The molecule has 1 saturated carbocycles. The molecule has 3 rings (SSSR count). The number of carbonyl (C=O) groups is 1.